The molecular weight excluding hydrogens is 285 g/mol. The van der Waals surface area contributed by atoms with E-state index in [2.05, 4.69) is 4.52 Å². The summed E-state index contributed by atoms with van der Waals surface area (Å²) in [6.07, 6.45) is 1.50. The molecule has 0 rings (SSSR count). The van der Waals surface area contributed by atoms with Crippen LogP contribution < -0.4 is 0 Å². The van der Waals surface area contributed by atoms with E-state index in [0.29, 0.717) is 6.33 Å². The molecule has 0 bridgehead atoms. The first-order valence-electron chi connectivity index (χ1n) is 1.72. The van der Waals surface area contributed by atoms with Gasteiger partial charge in [-0.2, -0.15) is 0 Å². The van der Waals surface area contributed by atoms with Gasteiger partial charge in [0.2, 0.25) is 0 Å². The van der Waals surface area contributed by atoms with Crippen LogP contribution in [0.15, 0.2) is 12.4 Å². The van der Waals surface area contributed by atoms with Gasteiger partial charge in [0.15, 0.2) is 8.69 Å². The van der Waals surface area contributed by atoms with E-state index in [9.17, 15) is 8.96 Å². The number of hydrogen-bond acceptors (Lipinski definition) is 2. The van der Waals surface area contributed by atoms with Gasteiger partial charge in [0, 0.05) is 37.3 Å². The summed E-state index contributed by atoms with van der Waals surface area (Å²) in [4.78, 5) is 0. The summed E-state index contributed by atoms with van der Waals surface area (Å²) in [5, 5.41) is 0. The summed E-state index contributed by atoms with van der Waals surface area (Å²) in [5.41, 5.74) is 0. The third-order valence-corrected chi connectivity index (χ3v) is 0.678. The third kappa shape index (κ3) is 10.2. The number of hydrogen-bond donors (Lipinski definition) is 0. The van der Waals surface area contributed by atoms with Crippen LogP contribution in [0.4, 0.5) is 4.39 Å². The van der Waals surface area contributed by atoms with Crippen LogP contribution in [-0.4, -0.2) is 6.61 Å². The van der Waals surface area contributed by atoms with E-state index < -0.39 is 8.69 Å². The summed E-state index contributed by atoms with van der Waals surface area (Å²) < 4.78 is 24.7. The quantitative estimate of drug-likeness (QED) is 0.576. The maximum absolute atomic E-state index is 11.0. The molecular formula is C3H6ErFO2P. The van der Waals surface area contributed by atoms with Crippen LogP contribution in [-0.2, 0) is 9.09 Å². The Morgan fingerprint density at radius 1 is 1.75 bits per heavy atom. The number of rotatable bonds is 3. The molecule has 0 aliphatic carbocycles. The first kappa shape index (κ1) is 11.8. The van der Waals surface area contributed by atoms with Gasteiger partial charge >= 0.3 is 0 Å². The standard InChI is InChI=1S/C3H6FO2P.Er/c4-2-1-3-6-7-5;/h1-2H,3,7H2;. The molecule has 0 aliphatic rings. The van der Waals surface area contributed by atoms with E-state index in [4.69, 9.17) is 0 Å². The van der Waals surface area contributed by atoms with Gasteiger partial charge in [0.1, 0.15) is 0 Å². The molecule has 0 heterocycles. The number of halogens is 1. The van der Waals surface area contributed by atoms with E-state index >= 15 is 0 Å². The van der Waals surface area contributed by atoms with Gasteiger partial charge in [0.05, 0.1) is 12.9 Å². The monoisotopic (exact) mass is 290 g/mol. The van der Waals surface area contributed by atoms with Crippen LogP contribution in [0.2, 0.25) is 0 Å². The summed E-state index contributed by atoms with van der Waals surface area (Å²) in [6.45, 7) is 0.106. The van der Waals surface area contributed by atoms with Crippen molar-refractivity contribution < 1.29 is 50.8 Å². The average Bonchev–Trinajstić information content (AvgIpc) is 1.69. The Kier molecular flexibility index (Phi) is 16.3. The van der Waals surface area contributed by atoms with Crippen LogP contribution in [0.3, 0.4) is 0 Å². The van der Waals surface area contributed by atoms with E-state index in [1.165, 1.54) is 0 Å². The molecule has 0 saturated heterocycles. The van der Waals surface area contributed by atoms with Crippen LogP contribution >= 0.6 is 8.69 Å². The minimum atomic E-state index is -1.19. The zero-order valence-electron chi connectivity index (χ0n) is 3.92. The second-order valence-corrected chi connectivity index (χ2v) is 1.32. The van der Waals surface area contributed by atoms with Crippen molar-refractivity contribution in [3.05, 3.63) is 12.4 Å². The van der Waals surface area contributed by atoms with Crippen molar-refractivity contribution >= 4 is 8.69 Å². The molecule has 0 saturated carbocycles. The van der Waals surface area contributed by atoms with Crippen molar-refractivity contribution in [1.29, 1.82) is 0 Å². The van der Waals surface area contributed by atoms with Crippen molar-refractivity contribution in [3.8, 4) is 0 Å². The van der Waals surface area contributed by atoms with Crippen LogP contribution in [0.5, 0.6) is 0 Å². The Hall–Kier alpha value is 1.11. The van der Waals surface area contributed by atoms with Crippen LogP contribution in [0.25, 0.3) is 0 Å². The topological polar surface area (TPSA) is 26.3 Å². The predicted molar refractivity (Wildman–Crippen MR) is 26.6 cm³/mol. The summed E-state index contributed by atoms with van der Waals surface area (Å²) in [5.74, 6) is 0. The Labute approximate surface area is 78.0 Å². The molecule has 0 aromatic rings. The second-order valence-electron chi connectivity index (χ2n) is 0.791. The Morgan fingerprint density at radius 3 is 2.75 bits per heavy atom. The molecule has 0 N–H and O–H groups in total. The van der Waals surface area contributed by atoms with Crippen molar-refractivity contribution in [2.45, 2.75) is 0 Å². The molecule has 5 heteroatoms. The molecule has 2 nitrogen and oxygen atoms in total. The molecule has 0 aromatic carbocycles. The minimum absolute atomic E-state index is 0. The van der Waals surface area contributed by atoms with Crippen molar-refractivity contribution in [1.82, 2.24) is 0 Å². The molecule has 0 fully saturated rings. The summed E-state index contributed by atoms with van der Waals surface area (Å²) >= 11 is 0. The van der Waals surface area contributed by atoms with E-state index in [-0.39, 0.29) is 43.9 Å². The zero-order valence-corrected chi connectivity index (χ0v) is 6.93. The smallest absolute Gasteiger partial charge is 0.180 e. The zero-order chi connectivity index (χ0) is 5.54. The third-order valence-electron chi connectivity index (χ3n) is 0.350. The van der Waals surface area contributed by atoms with Gasteiger partial charge in [-0.25, -0.2) is 4.39 Å². The summed E-state index contributed by atoms with van der Waals surface area (Å²) in [6, 6.07) is 0. The van der Waals surface area contributed by atoms with E-state index in [1.54, 1.807) is 0 Å². The molecule has 54 valence electrons. The Morgan fingerprint density at radius 2 is 2.38 bits per heavy atom. The summed E-state index contributed by atoms with van der Waals surface area (Å²) in [7, 11) is -1.19. The molecule has 1 atom stereocenters. The van der Waals surface area contributed by atoms with Crippen LogP contribution in [0, 0.1) is 37.3 Å². The fraction of sp³-hybridized carbons (Fsp3) is 0.333. The van der Waals surface area contributed by atoms with Crippen molar-refractivity contribution in [2.24, 2.45) is 0 Å². The first-order valence-corrected chi connectivity index (χ1v) is 2.66. The molecule has 0 amide bonds. The molecule has 0 radical (unpaired) electrons. The fourth-order valence-corrected chi connectivity index (χ4v) is 0.321. The first-order chi connectivity index (χ1) is 3.41. The van der Waals surface area contributed by atoms with E-state index in [0.717, 1.165) is 6.08 Å². The van der Waals surface area contributed by atoms with Crippen molar-refractivity contribution in [2.75, 3.05) is 6.61 Å². The molecule has 0 aromatic heterocycles. The normalized spacial score (nSPS) is 10.6. The fourth-order valence-electron chi connectivity index (χ4n) is 0.131. The molecule has 8 heavy (non-hydrogen) atoms. The van der Waals surface area contributed by atoms with Gasteiger partial charge in [-0.3, -0.25) is 4.57 Å². The minimum Gasteiger partial charge on any atom is -0.328 e. The van der Waals surface area contributed by atoms with E-state index in [1.807, 2.05) is 0 Å². The second kappa shape index (κ2) is 11.0. The molecule has 0 spiro atoms. The van der Waals surface area contributed by atoms with Gasteiger partial charge in [-0.05, 0) is 6.08 Å². The maximum Gasteiger partial charge on any atom is 0.180 e. The predicted octanol–water partition coefficient (Wildman–Crippen LogP) is 1.16. The van der Waals surface area contributed by atoms with Gasteiger partial charge < -0.3 is 4.52 Å². The average molecular weight is 291 g/mol. The van der Waals surface area contributed by atoms with Crippen LogP contribution in [0.1, 0.15) is 0 Å². The van der Waals surface area contributed by atoms with Gasteiger partial charge in [-0.15, -0.1) is 0 Å². The Balaban J connectivity index is 0. The van der Waals surface area contributed by atoms with Crippen molar-refractivity contribution in [3.63, 3.8) is 0 Å². The maximum atomic E-state index is 11.0. The Bertz CT molecular complexity index is 77.7. The SMILES string of the molecule is O=[PH2]OCC=CF.[Er]. The molecule has 1 unspecified atom stereocenters. The largest absolute Gasteiger partial charge is 0.328 e. The van der Waals surface area contributed by atoms with Gasteiger partial charge in [-0.1, -0.05) is 0 Å². The van der Waals surface area contributed by atoms with Gasteiger partial charge in [0.25, 0.3) is 0 Å². The molecule has 0 aliphatic heterocycles.